The zero-order chi connectivity index (χ0) is 7.56. The van der Waals surface area contributed by atoms with Crippen LogP contribution in [0.25, 0.3) is 0 Å². The predicted molar refractivity (Wildman–Crippen MR) is 39.4 cm³/mol. The summed E-state index contributed by atoms with van der Waals surface area (Å²) in [6.45, 7) is 0. The van der Waals surface area contributed by atoms with Gasteiger partial charge in [-0.05, 0) is 11.4 Å². The van der Waals surface area contributed by atoms with Crippen molar-refractivity contribution in [3.05, 3.63) is 17.0 Å². The highest BCUT2D eigenvalue weighted by atomic mass is 32.1. The van der Waals surface area contributed by atoms with Crippen molar-refractivity contribution in [2.24, 2.45) is 5.73 Å². The van der Waals surface area contributed by atoms with Crippen molar-refractivity contribution in [2.45, 2.75) is 0 Å². The van der Waals surface area contributed by atoms with Crippen LogP contribution in [0.5, 0.6) is 5.06 Å². The topological polar surface area (TPSA) is 52.3 Å². The summed E-state index contributed by atoms with van der Waals surface area (Å²) in [5.74, 6) is -0.446. The summed E-state index contributed by atoms with van der Waals surface area (Å²) in [4.78, 5) is 10.6. The quantitative estimate of drug-likeness (QED) is 0.692. The normalized spacial score (nSPS) is 9.30. The summed E-state index contributed by atoms with van der Waals surface area (Å²) >= 11 is 1.35. The first kappa shape index (κ1) is 7.08. The molecule has 0 fully saturated rings. The number of rotatable bonds is 2. The molecular weight excluding hydrogens is 150 g/mol. The van der Waals surface area contributed by atoms with Crippen LogP contribution < -0.4 is 10.5 Å². The van der Waals surface area contributed by atoms with Crippen LogP contribution in [0.3, 0.4) is 0 Å². The highest BCUT2D eigenvalue weighted by Crippen LogP contribution is 2.24. The summed E-state index contributed by atoms with van der Waals surface area (Å²) in [5, 5.41) is 2.34. The first-order valence-electron chi connectivity index (χ1n) is 2.67. The highest BCUT2D eigenvalue weighted by molar-refractivity contribution is 7.12. The van der Waals surface area contributed by atoms with Gasteiger partial charge in [-0.1, -0.05) is 0 Å². The Balaban J connectivity index is 3.01. The van der Waals surface area contributed by atoms with Gasteiger partial charge in [0.1, 0.15) is 0 Å². The molecule has 1 amide bonds. The van der Waals surface area contributed by atoms with Crippen molar-refractivity contribution in [1.82, 2.24) is 0 Å². The molecule has 0 atom stereocenters. The van der Waals surface area contributed by atoms with Gasteiger partial charge in [-0.25, -0.2) is 0 Å². The molecule has 1 aromatic heterocycles. The van der Waals surface area contributed by atoms with Gasteiger partial charge < -0.3 is 10.5 Å². The Morgan fingerprint density at radius 3 is 2.90 bits per heavy atom. The van der Waals surface area contributed by atoms with Gasteiger partial charge in [0, 0.05) is 0 Å². The number of hydrogen-bond donors (Lipinski definition) is 1. The molecule has 54 valence electrons. The van der Waals surface area contributed by atoms with Gasteiger partial charge >= 0.3 is 0 Å². The van der Waals surface area contributed by atoms with Gasteiger partial charge in [0.05, 0.1) is 12.7 Å². The Morgan fingerprint density at radius 2 is 2.50 bits per heavy atom. The molecule has 1 aromatic rings. The zero-order valence-electron chi connectivity index (χ0n) is 5.46. The molecule has 0 bridgehead atoms. The van der Waals surface area contributed by atoms with Crippen molar-refractivity contribution < 1.29 is 9.53 Å². The fraction of sp³-hybridized carbons (Fsp3) is 0.167. The number of methoxy groups -OCH3 is 1. The predicted octanol–water partition coefficient (Wildman–Crippen LogP) is 0.856. The highest BCUT2D eigenvalue weighted by Gasteiger charge is 2.08. The van der Waals surface area contributed by atoms with Gasteiger partial charge in [0.15, 0.2) is 5.06 Å². The van der Waals surface area contributed by atoms with Crippen molar-refractivity contribution >= 4 is 17.2 Å². The number of carbonyl (C=O) groups is 1. The second-order valence-corrected chi connectivity index (χ2v) is 2.57. The second-order valence-electron chi connectivity index (χ2n) is 1.69. The number of primary amides is 1. The van der Waals surface area contributed by atoms with E-state index in [1.54, 1.807) is 11.4 Å². The third-order valence-corrected chi connectivity index (χ3v) is 1.95. The number of thiophene rings is 1. The molecule has 0 unspecified atom stereocenters. The van der Waals surface area contributed by atoms with Crippen molar-refractivity contribution in [3.8, 4) is 5.06 Å². The van der Waals surface area contributed by atoms with E-state index in [0.717, 1.165) is 0 Å². The zero-order valence-corrected chi connectivity index (χ0v) is 6.27. The van der Waals surface area contributed by atoms with Crippen LogP contribution in [-0.2, 0) is 0 Å². The van der Waals surface area contributed by atoms with Crippen molar-refractivity contribution in [1.29, 1.82) is 0 Å². The van der Waals surface area contributed by atoms with Gasteiger partial charge in [-0.3, -0.25) is 4.79 Å². The van der Waals surface area contributed by atoms with E-state index >= 15 is 0 Å². The van der Waals surface area contributed by atoms with Crippen LogP contribution in [0, 0.1) is 0 Å². The van der Waals surface area contributed by atoms with Crippen LogP contribution in [0.1, 0.15) is 10.4 Å². The van der Waals surface area contributed by atoms with Crippen LogP contribution >= 0.6 is 11.3 Å². The van der Waals surface area contributed by atoms with Crippen LogP contribution in [0.2, 0.25) is 0 Å². The van der Waals surface area contributed by atoms with Crippen LogP contribution in [0.15, 0.2) is 11.4 Å². The van der Waals surface area contributed by atoms with E-state index in [2.05, 4.69) is 0 Å². The Kier molecular flexibility index (Phi) is 1.91. The summed E-state index contributed by atoms with van der Waals surface area (Å²) in [7, 11) is 1.51. The third kappa shape index (κ3) is 1.11. The van der Waals surface area contributed by atoms with E-state index in [-0.39, 0.29) is 0 Å². The average molecular weight is 157 g/mol. The van der Waals surface area contributed by atoms with Crippen molar-refractivity contribution in [2.75, 3.05) is 7.11 Å². The van der Waals surface area contributed by atoms with E-state index < -0.39 is 5.91 Å². The van der Waals surface area contributed by atoms with E-state index in [9.17, 15) is 4.79 Å². The molecule has 1 heterocycles. The lowest BCUT2D eigenvalue weighted by atomic mass is 10.3. The molecule has 0 radical (unpaired) electrons. The fourth-order valence-corrected chi connectivity index (χ4v) is 1.36. The Bertz CT molecular complexity index is 244. The Labute approximate surface area is 62.4 Å². The lowest BCUT2D eigenvalue weighted by molar-refractivity contribution is 0.0998. The van der Waals surface area contributed by atoms with E-state index in [1.807, 2.05) is 0 Å². The maximum Gasteiger partial charge on any atom is 0.253 e. The monoisotopic (exact) mass is 157 g/mol. The minimum atomic E-state index is -0.446. The molecule has 3 nitrogen and oxygen atoms in total. The van der Waals surface area contributed by atoms with Gasteiger partial charge in [0.25, 0.3) is 5.91 Å². The van der Waals surface area contributed by atoms with E-state index in [1.165, 1.54) is 18.4 Å². The largest absolute Gasteiger partial charge is 0.487 e. The number of ether oxygens (including phenoxy) is 1. The van der Waals surface area contributed by atoms with Crippen LogP contribution in [0.4, 0.5) is 0 Å². The second kappa shape index (κ2) is 2.70. The fourth-order valence-electron chi connectivity index (χ4n) is 0.636. The molecule has 10 heavy (non-hydrogen) atoms. The lowest BCUT2D eigenvalue weighted by Gasteiger charge is -1.95. The Morgan fingerprint density at radius 1 is 1.80 bits per heavy atom. The molecule has 0 aliphatic rings. The number of amides is 1. The van der Waals surface area contributed by atoms with E-state index in [0.29, 0.717) is 10.6 Å². The molecule has 0 saturated carbocycles. The maximum absolute atomic E-state index is 10.6. The summed E-state index contributed by atoms with van der Waals surface area (Å²) < 4.78 is 4.86. The maximum atomic E-state index is 10.6. The molecule has 0 aliphatic heterocycles. The Hall–Kier alpha value is -1.03. The number of nitrogens with two attached hydrogens (primary N) is 1. The molecule has 1 rings (SSSR count). The SMILES string of the molecule is COc1sccc1C(N)=O. The molecule has 2 N–H and O–H groups in total. The van der Waals surface area contributed by atoms with E-state index in [4.69, 9.17) is 10.5 Å². The van der Waals surface area contributed by atoms with Gasteiger partial charge in [-0.2, -0.15) is 0 Å². The summed E-state index contributed by atoms with van der Waals surface area (Å²) in [6, 6.07) is 1.64. The van der Waals surface area contributed by atoms with Gasteiger partial charge in [-0.15, -0.1) is 11.3 Å². The minimum absolute atomic E-state index is 0.446. The number of hydrogen-bond acceptors (Lipinski definition) is 3. The summed E-state index contributed by atoms with van der Waals surface area (Å²) in [6.07, 6.45) is 0. The molecular formula is C6H7NO2S. The first-order valence-corrected chi connectivity index (χ1v) is 3.55. The minimum Gasteiger partial charge on any atom is -0.487 e. The average Bonchev–Trinajstić information content (AvgIpc) is 2.33. The molecule has 4 heteroatoms. The number of carbonyl (C=O) groups excluding carboxylic acids is 1. The molecule has 0 aromatic carbocycles. The first-order chi connectivity index (χ1) is 4.75. The summed E-state index contributed by atoms with van der Waals surface area (Å²) in [5.41, 5.74) is 5.47. The van der Waals surface area contributed by atoms with Gasteiger partial charge in [0.2, 0.25) is 0 Å². The molecule has 0 saturated heterocycles. The molecule has 0 spiro atoms. The van der Waals surface area contributed by atoms with Crippen molar-refractivity contribution in [3.63, 3.8) is 0 Å². The van der Waals surface area contributed by atoms with Crippen LogP contribution in [-0.4, -0.2) is 13.0 Å². The third-order valence-electron chi connectivity index (χ3n) is 1.08. The standard InChI is InChI=1S/C6H7NO2S/c1-9-6-4(5(7)8)2-3-10-6/h2-3H,1H3,(H2,7,8). The smallest absolute Gasteiger partial charge is 0.253 e. The lowest BCUT2D eigenvalue weighted by Crippen LogP contribution is -2.10. The molecule has 0 aliphatic carbocycles.